The number of carbonyl (C=O) groups is 1. The number of benzene rings is 2. The number of halogens is 1. The maximum atomic E-state index is 13.8. The molecule has 0 atom stereocenters. The number of nitrogens with zero attached hydrogens (tertiary/aromatic N) is 1. The smallest absolute Gasteiger partial charge is 0.229 e. The molecule has 1 aromatic heterocycles. The minimum atomic E-state index is -0.369. The van der Waals surface area contributed by atoms with Crippen molar-refractivity contribution in [2.75, 3.05) is 6.54 Å². The van der Waals surface area contributed by atoms with Gasteiger partial charge in [0.15, 0.2) is 0 Å². The van der Waals surface area contributed by atoms with E-state index >= 15 is 0 Å². The lowest BCUT2D eigenvalue weighted by molar-refractivity contribution is -0.120. The summed E-state index contributed by atoms with van der Waals surface area (Å²) >= 11 is 0. The Balaban J connectivity index is 1.57. The first-order chi connectivity index (χ1) is 12.1. The van der Waals surface area contributed by atoms with Crippen LogP contribution in [0.5, 0.6) is 0 Å². The third-order valence-corrected chi connectivity index (χ3v) is 3.89. The third kappa shape index (κ3) is 4.32. The lowest BCUT2D eigenvalue weighted by atomic mass is 10.1. The summed E-state index contributed by atoms with van der Waals surface area (Å²) in [5.41, 5.74) is 2.03. The van der Waals surface area contributed by atoms with E-state index in [0.717, 1.165) is 11.3 Å². The molecule has 2 aromatic carbocycles. The molecule has 0 aliphatic carbocycles. The molecule has 0 fully saturated rings. The monoisotopic (exact) mass is 338 g/mol. The second-order valence-corrected chi connectivity index (χ2v) is 5.76. The summed E-state index contributed by atoms with van der Waals surface area (Å²) < 4.78 is 19.4. The van der Waals surface area contributed by atoms with Crippen LogP contribution in [0.4, 0.5) is 4.39 Å². The van der Waals surface area contributed by atoms with E-state index in [0.29, 0.717) is 30.7 Å². The summed E-state index contributed by atoms with van der Waals surface area (Å²) in [7, 11) is 0. The Kier molecular flexibility index (Phi) is 5.23. The van der Waals surface area contributed by atoms with E-state index in [2.05, 4.69) is 10.3 Å². The van der Waals surface area contributed by atoms with E-state index in [-0.39, 0.29) is 17.6 Å². The van der Waals surface area contributed by atoms with Gasteiger partial charge < -0.3 is 9.73 Å². The van der Waals surface area contributed by atoms with Crippen molar-refractivity contribution in [3.63, 3.8) is 0 Å². The zero-order valence-corrected chi connectivity index (χ0v) is 14.0. The number of carbonyl (C=O) groups excluding carboxylic acids is 1. The average molecular weight is 338 g/mol. The third-order valence-electron chi connectivity index (χ3n) is 3.89. The highest BCUT2D eigenvalue weighted by Crippen LogP contribution is 2.24. The number of hydrogen-bond donors (Lipinski definition) is 1. The van der Waals surface area contributed by atoms with Gasteiger partial charge in [0.05, 0.1) is 17.7 Å². The van der Waals surface area contributed by atoms with Gasteiger partial charge in [-0.15, -0.1) is 0 Å². The van der Waals surface area contributed by atoms with Crippen LogP contribution in [0.15, 0.2) is 59.0 Å². The quantitative estimate of drug-likeness (QED) is 0.746. The largest absolute Gasteiger partial charge is 0.441 e. The fourth-order valence-corrected chi connectivity index (χ4v) is 2.57. The molecule has 0 aliphatic heterocycles. The average Bonchev–Trinajstić information content (AvgIpc) is 2.97. The van der Waals surface area contributed by atoms with Crippen LogP contribution in [0.3, 0.4) is 0 Å². The lowest BCUT2D eigenvalue weighted by Gasteiger charge is -2.04. The van der Waals surface area contributed by atoms with Gasteiger partial charge in [-0.1, -0.05) is 42.5 Å². The van der Waals surface area contributed by atoms with Crippen LogP contribution in [0, 0.1) is 12.7 Å². The minimum Gasteiger partial charge on any atom is -0.441 e. The first-order valence-corrected chi connectivity index (χ1v) is 8.15. The maximum absolute atomic E-state index is 13.8. The summed E-state index contributed by atoms with van der Waals surface area (Å²) in [6.45, 7) is 2.24. The van der Waals surface area contributed by atoms with Crippen LogP contribution in [-0.2, 0) is 17.6 Å². The maximum Gasteiger partial charge on any atom is 0.229 e. The standard InChI is InChI=1S/C20H19FN2O2/c1-14-18(23-20(25-14)16-9-5-6-10-17(16)21)11-12-22-19(24)13-15-7-3-2-4-8-15/h2-10H,11-13H2,1H3,(H,22,24). The summed E-state index contributed by atoms with van der Waals surface area (Å²) in [6.07, 6.45) is 0.878. The zero-order chi connectivity index (χ0) is 17.6. The highest BCUT2D eigenvalue weighted by Gasteiger charge is 2.14. The van der Waals surface area contributed by atoms with Gasteiger partial charge in [-0.2, -0.15) is 0 Å². The van der Waals surface area contributed by atoms with E-state index in [9.17, 15) is 9.18 Å². The number of oxazole rings is 1. The van der Waals surface area contributed by atoms with Gasteiger partial charge in [0, 0.05) is 13.0 Å². The molecular formula is C20H19FN2O2. The fourth-order valence-electron chi connectivity index (χ4n) is 2.57. The molecule has 0 bridgehead atoms. The number of hydrogen-bond acceptors (Lipinski definition) is 3. The van der Waals surface area contributed by atoms with Crippen LogP contribution >= 0.6 is 0 Å². The minimum absolute atomic E-state index is 0.0401. The second kappa shape index (κ2) is 7.75. The van der Waals surface area contributed by atoms with Crippen molar-refractivity contribution < 1.29 is 13.6 Å². The summed E-state index contributed by atoms with van der Waals surface area (Å²) in [6, 6.07) is 15.9. The van der Waals surface area contributed by atoms with Gasteiger partial charge in [-0.25, -0.2) is 9.37 Å². The molecule has 0 spiro atoms. The Bertz CT molecular complexity index is 859. The zero-order valence-electron chi connectivity index (χ0n) is 14.0. The van der Waals surface area contributed by atoms with E-state index < -0.39 is 0 Å². The highest BCUT2D eigenvalue weighted by atomic mass is 19.1. The van der Waals surface area contributed by atoms with Crippen molar-refractivity contribution in [1.29, 1.82) is 0 Å². The van der Waals surface area contributed by atoms with Gasteiger partial charge >= 0.3 is 0 Å². The fraction of sp³-hybridized carbons (Fsp3) is 0.200. The van der Waals surface area contributed by atoms with Gasteiger partial charge in [0.1, 0.15) is 11.6 Å². The Morgan fingerprint density at radius 1 is 1.12 bits per heavy atom. The molecule has 4 nitrogen and oxygen atoms in total. The summed E-state index contributed by atoms with van der Waals surface area (Å²) in [5, 5.41) is 2.87. The molecular weight excluding hydrogens is 319 g/mol. The molecule has 128 valence electrons. The number of nitrogens with one attached hydrogen (secondary N) is 1. The van der Waals surface area contributed by atoms with Gasteiger partial charge in [-0.3, -0.25) is 4.79 Å². The lowest BCUT2D eigenvalue weighted by Crippen LogP contribution is -2.27. The number of amides is 1. The molecule has 5 heteroatoms. The number of aromatic nitrogens is 1. The molecule has 1 heterocycles. The summed E-state index contributed by atoms with van der Waals surface area (Å²) in [5.74, 6) is 0.491. The molecule has 0 aliphatic rings. The van der Waals surface area contributed by atoms with Crippen LogP contribution in [0.2, 0.25) is 0 Å². The first kappa shape index (κ1) is 16.9. The molecule has 25 heavy (non-hydrogen) atoms. The van der Waals surface area contributed by atoms with E-state index in [1.54, 1.807) is 25.1 Å². The molecule has 0 saturated heterocycles. The molecule has 3 rings (SSSR count). The predicted octanol–water partition coefficient (Wildman–Crippen LogP) is 3.69. The topological polar surface area (TPSA) is 55.1 Å². The van der Waals surface area contributed by atoms with Crippen molar-refractivity contribution in [1.82, 2.24) is 10.3 Å². The van der Waals surface area contributed by atoms with Crippen LogP contribution in [0.25, 0.3) is 11.5 Å². The number of rotatable bonds is 6. The molecule has 1 amide bonds. The van der Waals surface area contributed by atoms with Gasteiger partial charge in [0.2, 0.25) is 11.8 Å². The Labute approximate surface area is 145 Å². The van der Waals surface area contributed by atoms with Crippen molar-refractivity contribution in [2.24, 2.45) is 0 Å². The van der Waals surface area contributed by atoms with Gasteiger partial charge in [-0.05, 0) is 24.6 Å². The van der Waals surface area contributed by atoms with Crippen molar-refractivity contribution in [3.8, 4) is 11.5 Å². The van der Waals surface area contributed by atoms with Crippen molar-refractivity contribution in [3.05, 3.63) is 77.4 Å². The molecule has 0 saturated carbocycles. The van der Waals surface area contributed by atoms with E-state index in [1.165, 1.54) is 6.07 Å². The van der Waals surface area contributed by atoms with Crippen molar-refractivity contribution >= 4 is 5.91 Å². The normalized spacial score (nSPS) is 10.6. The molecule has 3 aromatic rings. The number of aryl methyl sites for hydroxylation is 1. The molecule has 0 unspecified atom stereocenters. The van der Waals surface area contributed by atoms with Crippen molar-refractivity contribution in [2.45, 2.75) is 19.8 Å². The molecule has 1 N–H and O–H groups in total. The Morgan fingerprint density at radius 3 is 2.60 bits per heavy atom. The van der Waals surface area contributed by atoms with E-state index in [4.69, 9.17) is 4.42 Å². The Morgan fingerprint density at radius 2 is 1.84 bits per heavy atom. The summed E-state index contributed by atoms with van der Waals surface area (Å²) in [4.78, 5) is 16.3. The van der Waals surface area contributed by atoms with Crippen LogP contribution < -0.4 is 5.32 Å². The SMILES string of the molecule is Cc1oc(-c2ccccc2F)nc1CCNC(=O)Cc1ccccc1. The first-order valence-electron chi connectivity index (χ1n) is 8.15. The second-order valence-electron chi connectivity index (χ2n) is 5.76. The van der Waals surface area contributed by atoms with Crippen LogP contribution in [-0.4, -0.2) is 17.4 Å². The van der Waals surface area contributed by atoms with Gasteiger partial charge in [0.25, 0.3) is 0 Å². The highest BCUT2D eigenvalue weighted by molar-refractivity contribution is 5.78. The molecule has 0 radical (unpaired) electrons. The van der Waals surface area contributed by atoms with Crippen LogP contribution in [0.1, 0.15) is 17.0 Å². The van der Waals surface area contributed by atoms with E-state index in [1.807, 2.05) is 30.3 Å². The Hall–Kier alpha value is -2.95. The predicted molar refractivity (Wildman–Crippen MR) is 93.5 cm³/mol.